The first-order chi connectivity index (χ1) is 9.13. The van der Waals surface area contributed by atoms with E-state index < -0.39 is 0 Å². The molecule has 1 aromatic heterocycles. The Balaban J connectivity index is 2.44. The number of ketones is 1. The van der Waals surface area contributed by atoms with Gasteiger partial charge < -0.3 is 4.74 Å². The summed E-state index contributed by atoms with van der Waals surface area (Å²) in [4.78, 5) is 16.5. The topological polar surface area (TPSA) is 39.2 Å². The van der Waals surface area contributed by atoms with Gasteiger partial charge in [-0.15, -0.1) is 0 Å². The lowest BCUT2D eigenvalue weighted by atomic mass is 9.92. The normalized spacial score (nSPS) is 14.6. The molecule has 0 aliphatic heterocycles. The molecule has 2 aromatic rings. The van der Waals surface area contributed by atoms with Crippen LogP contribution in [-0.4, -0.2) is 17.9 Å². The average Bonchev–Trinajstić information content (AvgIpc) is 2.42. The molecule has 0 unspecified atom stereocenters. The molecule has 19 heavy (non-hydrogen) atoms. The number of ether oxygens (including phenoxy) is 1. The lowest BCUT2D eigenvalue weighted by Gasteiger charge is -2.19. The number of hydrogen-bond donors (Lipinski definition) is 0. The monoisotopic (exact) mass is 275 g/mol. The SMILES string of the molecule is COc1c2c(nc3c(Cl)c(C)ccc13)C(=O)CCC2. The average molecular weight is 276 g/mol. The number of hydrogen-bond acceptors (Lipinski definition) is 3. The van der Waals surface area contributed by atoms with E-state index in [1.807, 2.05) is 19.1 Å². The molecule has 98 valence electrons. The fourth-order valence-electron chi connectivity index (χ4n) is 2.65. The van der Waals surface area contributed by atoms with Gasteiger partial charge in [0.1, 0.15) is 11.4 Å². The number of pyridine rings is 1. The minimum atomic E-state index is 0.0824. The first kappa shape index (κ1) is 12.4. The fourth-order valence-corrected chi connectivity index (χ4v) is 2.85. The summed E-state index contributed by atoms with van der Waals surface area (Å²) in [6.45, 7) is 1.93. The summed E-state index contributed by atoms with van der Waals surface area (Å²) >= 11 is 6.32. The van der Waals surface area contributed by atoms with Crippen LogP contribution in [0.1, 0.15) is 34.5 Å². The van der Waals surface area contributed by atoms with Gasteiger partial charge in [-0.25, -0.2) is 4.98 Å². The molecule has 0 amide bonds. The Morgan fingerprint density at radius 1 is 1.32 bits per heavy atom. The summed E-state index contributed by atoms with van der Waals surface area (Å²) in [5, 5.41) is 1.48. The molecule has 3 rings (SSSR count). The molecule has 0 radical (unpaired) electrons. The Morgan fingerprint density at radius 3 is 2.84 bits per heavy atom. The standard InChI is InChI=1S/C15H14ClNO2/c1-8-6-7-10-14(12(8)16)17-13-9(15(10)19-2)4-3-5-11(13)18/h6-7H,3-5H2,1-2H3. The van der Waals surface area contributed by atoms with E-state index in [4.69, 9.17) is 16.3 Å². The largest absolute Gasteiger partial charge is 0.496 e. The van der Waals surface area contributed by atoms with Gasteiger partial charge in [0.2, 0.25) is 0 Å². The summed E-state index contributed by atoms with van der Waals surface area (Å²) in [5.74, 6) is 0.828. The van der Waals surface area contributed by atoms with Gasteiger partial charge in [-0.2, -0.15) is 0 Å². The number of aryl methyl sites for hydroxylation is 1. The van der Waals surface area contributed by atoms with Crippen LogP contribution in [0.15, 0.2) is 12.1 Å². The van der Waals surface area contributed by atoms with Gasteiger partial charge in [-0.05, 0) is 31.4 Å². The van der Waals surface area contributed by atoms with Crippen molar-refractivity contribution in [3.63, 3.8) is 0 Å². The molecule has 1 heterocycles. The molecule has 1 aliphatic rings. The maximum Gasteiger partial charge on any atom is 0.181 e. The summed E-state index contributed by atoms with van der Waals surface area (Å²) in [7, 11) is 1.63. The maximum atomic E-state index is 12.0. The van der Waals surface area contributed by atoms with Crippen LogP contribution < -0.4 is 4.74 Å². The summed E-state index contributed by atoms with van der Waals surface area (Å²) in [6, 6.07) is 3.91. The van der Waals surface area contributed by atoms with Crippen LogP contribution in [0.25, 0.3) is 10.9 Å². The van der Waals surface area contributed by atoms with Crippen LogP contribution in [0, 0.1) is 6.92 Å². The van der Waals surface area contributed by atoms with E-state index in [9.17, 15) is 4.79 Å². The molecule has 3 nitrogen and oxygen atoms in total. The molecule has 4 heteroatoms. The second-order valence-electron chi connectivity index (χ2n) is 4.84. The number of halogens is 1. The number of carbonyl (C=O) groups excluding carboxylic acids is 1. The van der Waals surface area contributed by atoms with Crippen molar-refractivity contribution in [2.75, 3.05) is 7.11 Å². The predicted molar refractivity (Wildman–Crippen MR) is 75.3 cm³/mol. The van der Waals surface area contributed by atoms with E-state index in [-0.39, 0.29) is 5.78 Å². The molecule has 1 aromatic carbocycles. The van der Waals surface area contributed by atoms with Crippen LogP contribution in [0.2, 0.25) is 5.02 Å². The minimum absolute atomic E-state index is 0.0824. The van der Waals surface area contributed by atoms with E-state index in [0.29, 0.717) is 22.7 Å². The molecule has 1 aliphatic carbocycles. The minimum Gasteiger partial charge on any atom is -0.496 e. The smallest absolute Gasteiger partial charge is 0.181 e. The van der Waals surface area contributed by atoms with Gasteiger partial charge >= 0.3 is 0 Å². The zero-order chi connectivity index (χ0) is 13.6. The molecule has 0 N–H and O–H groups in total. The van der Waals surface area contributed by atoms with Gasteiger partial charge in [-0.1, -0.05) is 17.7 Å². The van der Waals surface area contributed by atoms with E-state index in [2.05, 4.69) is 4.98 Å². The number of fused-ring (bicyclic) bond motifs is 2. The zero-order valence-corrected chi connectivity index (χ0v) is 11.7. The van der Waals surface area contributed by atoms with E-state index >= 15 is 0 Å². The molecule has 0 spiro atoms. The third kappa shape index (κ3) is 1.80. The highest BCUT2D eigenvalue weighted by Crippen LogP contribution is 2.38. The lowest BCUT2D eigenvalue weighted by Crippen LogP contribution is -2.14. The molecule has 0 saturated carbocycles. The maximum absolute atomic E-state index is 12.0. The second-order valence-corrected chi connectivity index (χ2v) is 5.22. The van der Waals surface area contributed by atoms with Crippen molar-refractivity contribution in [2.24, 2.45) is 0 Å². The van der Waals surface area contributed by atoms with Crippen molar-refractivity contribution < 1.29 is 9.53 Å². The van der Waals surface area contributed by atoms with Crippen LogP contribution in [0.3, 0.4) is 0 Å². The second kappa shape index (κ2) is 4.49. The fraction of sp³-hybridized carbons (Fsp3) is 0.333. The van der Waals surface area contributed by atoms with Crippen LogP contribution in [0.4, 0.5) is 0 Å². The summed E-state index contributed by atoms with van der Waals surface area (Å²) in [5.41, 5.74) is 3.06. The molecular formula is C15H14ClNO2. The first-order valence-corrected chi connectivity index (χ1v) is 6.70. The van der Waals surface area contributed by atoms with E-state index in [0.717, 1.165) is 35.1 Å². The number of nitrogens with zero attached hydrogens (tertiary/aromatic N) is 1. The molecule has 0 atom stereocenters. The lowest BCUT2D eigenvalue weighted by molar-refractivity contribution is 0.0967. The van der Waals surface area contributed by atoms with Crippen molar-refractivity contribution in [1.82, 2.24) is 4.98 Å². The van der Waals surface area contributed by atoms with Gasteiger partial charge in [0.25, 0.3) is 0 Å². The Kier molecular flexibility index (Phi) is 2.94. The number of Topliss-reactive ketones (excluding diaryl/α,β-unsaturated/α-hetero) is 1. The number of rotatable bonds is 1. The highest BCUT2D eigenvalue weighted by atomic mass is 35.5. The number of aromatic nitrogens is 1. The number of methoxy groups -OCH3 is 1. The Bertz CT molecular complexity index is 694. The highest BCUT2D eigenvalue weighted by Gasteiger charge is 2.25. The quantitative estimate of drug-likeness (QED) is 0.796. The third-order valence-corrected chi connectivity index (χ3v) is 4.11. The van der Waals surface area contributed by atoms with Crippen molar-refractivity contribution in [3.05, 3.63) is 34.0 Å². The van der Waals surface area contributed by atoms with E-state index in [1.165, 1.54) is 0 Å². The van der Waals surface area contributed by atoms with Gasteiger partial charge in [0, 0.05) is 17.4 Å². The Labute approximate surface area is 116 Å². The predicted octanol–water partition coefficient (Wildman–Crippen LogP) is 3.72. The third-order valence-electron chi connectivity index (χ3n) is 3.64. The molecule has 0 bridgehead atoms. The summed E-state index contributed by atoms with van der Waals surface area (Å²) in [6.07, 6.45) is 2.24. The molecule has 0 saturated heterocycles. The molecule has 0 fully saturated rings. The summed E-state index contributed by atoms with van der Waals surface area (Å²) < 4.78 is 5.52. The van der Waals surface area contributed by atoms with E-state index in [1.54, 1.807) is 7.11 Å². The van der Waals surface area contributed by atoms with Crippen LogP contribution in [-0.2, 0) is 6.42 Å². The highest BCUT2D eigenvalue weighted by molar-refractivity contribution is 6.36. The van der Waals surface area contributed by atoms with Crippen LogP contribution in [0.5, 0.6) is 5.75 Å². The Hall–Kier alpha value is -1.61. The van der Waals surface area contributed by atoms with Crippen molar-refractivity contribution in [1.29, 1.82) is 0 Å². The van der Waals surface area contributed by atoms with Crippen molar-refractivity contribution in [3.8, 4) is 5.75 Å². The van der Waals surface area contributed by atoms with Gasteiger partial charge in [-0.3, -0.25) is 4.79 Å². The Morgan fingerprint density at radius 2 is 2.11 bits per heavy atom. The van der Waals surface area contributed by atoms with Gasteiger partial charge in [0.15, 0.2) is 5.78 Å². The zero-order valence-electron chi connectivity index (χ0n) is 10.9. The van der Waals surface area contributed by atoms with Crippen molar-refractivity contribution in [2.45, 2.75) is 26.2 Å². The number of carbonyl (C=O) groups is 1. The van der Waals surface area contributed by atoms with Crippen molar-refractivity contribution >= 4 is 28.3 Å². The molecular weight excluding hydrogens is 262 g/mol. The number of benzene rings is 1. The van der Waals surface area contributed by atoms with Gasteiger partial charge in [0.05, 0.1) is 17.6 Å². The first-order valence-electron chi connectivity index (χ1n) is 6.32. The van der Waals surface area contributed by atoms with Crippen LogP contribution >= 0.6 is 11.6 Å².